The zero-order chi connectivity index (χ0) is 10.7. The highest BCUT2D eigenvalue weighted by Crippen LogP contribution is 2.34. The smallest absolute Gasteiger partial charge is 0.388 e. The molecule has 0 amide bonds. The monoisotopic (exact) mass is 204 g/mol. The summed E-state index contributed by atoms with van der Waals surface area (Å²) in [5.74, 6) is 0.771. The van der Waals surface area contributed by atoms with Crippen LogP contribution >= 0.6 is 0 Å². The van der Waals surface area contributed by atoms with Crippen LogP contribution in [0.25, 0.3) is 4.98 Å². The fourth-order valence-electron chi connectivity index (χ4n) is 1.95. The lowest BCUT2D eigenvalue weighted by Crippen LogP contribution is -2.18. The average molecular weight is 204 g/mol. The van der Waals surface area contributed by atoms with Gasteiger partial charge in [0.25, 0.3) is 0 Å². The summed E-state index contributed by atoms with van der Waals surface area (Å²) in [6.07, 6.45) is 2.46. The van der Waals surface area contributed by atoms with Crippen molar-refractivity contribution in [3.05, 3.63) is 23.2 Å². The quantitative estimate of drug-likeness (QED) is 0.695. The van der Waals surface area contributed by atoms with Crippen molar-refractivity contribution < 1.29 is 4.74 Å². The zero-order valence-electron chi connectivity index (χ0n) is 8.81. The van der Waals surface area contributed by atoms with E-state index in [9.17, 15) is 0 Å². The highest BCUT2D eigenvalue weighted by atomic mass is 16.5. The number of rotatable bonds is 2. The Morgan fingerprint density at radius 2 is 2.07 bits per heavy atom. The second kappa shape index (κ2) is 4.18. The molecule has 78 valence electrons. The topological polar surface area (TPSA) is 40.6 Å². The number of hydrogen-bond acceptors (Lipinski definition) is 3. The fourth-order valence-corrected chi connectivity index (χ4v) is 1.95. The summed E-state index contributed by atoms with van der Waals surface area (Å²) in [7, 11) is 1.63. The van der Waals surface area contributed by atoms with Crippen LogP contribution in [0.2, 0.25) is 0 Å². The summed E-state index contributed by atoms with van der Waals surface area (Å²) in [4.78, 5) is 5.44. The third kappa shape index (κ3) is 1.86. The van der Waals surface area contributed by atoms with Crippen molar-refractivity contribution in [2.75, 3.05) is 25.1 Å². The Hall–Kier alpha value is -1.76. The number of hydrogen-bond donors (Lipinski definition) is 0. The van der Waals surface area contributed by atoms with Crippen LogP contribution in [-0.4, -0.2) is 20.2 Å². The number of ether oxygens (including phenoxy) is 1. The van der Waals surface area contributed by atoms with Crippen molar-refractivity contribution in [1.82, 2.24) is 0 Å². The van der Waals surface area contributed by atoms with Crippen LogP contribution in [0.5, 0.6) is 5.75 Å². The van der Waals surface area contributed by atoms with E-state index in [1.807, 2.05) is 6.07 Å². The second-order valence-corrected chi connectivity index (χ2v) is 3.65. The van der Waals surface area contributed by atoms with Gasteiger partial charge in [-0.1, -0.05) is 0 Å². The Kier molecular flexibility index (Phi) is 2.72. The largest absolute Gasteiger partial charge is 0.494 e. The molecule has 0 N–H and O–H groups in total. The first-order valence-corrected chi connectivity index (χ1v) is 5.13. The Morgan fingerprint density at radius 1 is 1.33 bits per heavy atom. The van der Waals surface area contributed by atoms with Gasteiger partial charge in [0.2, 0.25) is 5.39 Å². The number of nitrogens with zero attached hydrogens (tertiary/aromatic N) is 3. The SMILES string of the molecule is COc1cc([N+]#N)ccc1N1CCCC1. The Balaban J connectivity index is 2.34. The van der Waals surface area contributed by atoms with E-state index in [2.05, 4.69) is 9.88 Å². The van der Waals surface area contributed by atoms with E-state index >= 15 is 0 Å². The van der Waals surface area contributed by atoms with Crippen LogP contribution in [-0.2, 0) is 0 Å². The number of anilines is 1. The lowest BCUT2D eigenvalue weighted by atomic mass is 10.2. The van der Waals surface area contributed by atoms with Gasteiger partial charge < -0.3 is 9.64 Å². The Morgan fingerprint density at radius 3 is 2.67 bits per heavy atom. The van der Waals surface area contributed by atoms with E-state index in [1.165, 1.54) is 12.8 Å². The maximum absolute atomic E-state index is 8.67. The highest BCUT2D eigenvalue weighted by Gasteiger charge is 2.18. The third-order valence-corrected chi connectivity index (χ3v) is 2.73. The Bertz CT molecular complexity index is 391. The summed E-state index contributed by atoms with van der Waals surface area (Å²) in [5, 5.41) is 8.67. The van der Waals surface area contributed by atoms with E-state index in [4.69, 9.17) is 10.1 Å². The molecule has 0 radical (unpaired) electrons. The average Bonchev–Trinajstić information content (AvgIpc) is 2.81. The molecule has 1 aromatic rings. The van der Waals surface area contributed by atoms with Crippen LogP contribution < -0.4 is 9.64 Å². The molecule has 0 aliphatic carbocycles. The van der Waals surface area contributed by atoms with Gasteiger partial charge >= 0.3 is 5.69 Å². The molecule has 2 rings (SSSR count). The molecule has 1 fully saturated rings. The van der Waals surface area contributed by atoms with Gasteiger partial charge in [0.15, 0.2) is 4.98 Å². The first-order chi connectivity index (χ1) is 7.35. The number of diazo groups is 1. The summed E-state index contributed by atoms with van der Waals surface area (Å²) in [6, 6.07) is 5.48. The van der Waals surface area contributed by atoms with E-state index in [0.29, 0.717) is 5.69 Å². The van der Waals surface area contributed by atoms with Gasteiger partial charge in [0.1, 0.15) is 5.75 Å². The minimum absolute atomic E-state index is 0.523. The normalized spacial score (nSPS) is 15.1. The minimum Gasteiger partial charge on any atom is -0.494 e. The van der Waals surface area contributed by atoms with Crippen molar-refractivity contribution in [2.24, 2.45) is 0 Å². The van der Waals surface area contributed by atoms with Gasteiger partial charge in [-0.3, -0.25) is 0 Å². The van der Waals surface area contributed by atoms with Gasteiger partial charge in [0.05, 0.1) is 18.9 Å². The third-order valence-electron chi connectivity index (χ3n) is 2.73. The van der Waals surface area contributed by atoms with Gasteiger partial charge in [-0.2, -0.15) is 0 Å². The molecule has 0 aromatic heterocycles. The van der Waals surface area contributed by atoms with Crippen LogP contribution in [0.3, 0.4) is 0 Å². The van der Waals surface area contributed by atoms with Gasteiger partial charge in [-0.25, -0.2) is 0 Å². The van der Waals surface area contributed by atoms with E-state index in [1.54, 1.807) is 19.2 Å². The standard InChI is InChI=1S/C11H14N3O/c1-15-11-8-9(13-12)4-5-10(11)14-6-2-3-7-14/h4-5,8H,2-3,6-7H2,1H3/q+1. The molecular weight excluding hydrogens is 190 g/mol. The van der Waals surface area contributed by atoms with E-state index in [-0.39, 0.29) is 0 Å². The highest BCUT2D eigenvalue weighted by molar-refractivity contribution is 5.65. The maximum atomic E-state index is 8.67. The van der Waals surface area contributed by atoms with E-state index in [0.717, 1.165) is 24.5 Å². The molecule has 1 aromatic carbocycles. The molecule has 1 aliphatic heterocycles. The molecule has 1 heterocycles. The first kappa shape index (κ1) is 9.78. The lowest BCUT2D eigenvalue weighted by molar-refractivity contribution is 0.415. The molecule has 0 bridgehead atoms. The molecule has 4 nitrogen and oxygen atoms in total. The molecule has 1 saturated heterocycles. The van der Waals surface area contributed by atoms with Crippen molar-refractivity contribution >= 4 is 11.4 Å². The predicted molar refractivity (Wildman–Crippen MR) is 59.2 cm³/mol. The van der Waals surface area contributed by atoms with E-state index < -0.39 is 0 Å². The maximum Gasteiger partial charge on any atom is 0.388 e. The molecule has 0 atom stereocenters. The first-order valence-electron chi connectivity index (χ1n) is 5.13. The summed E-state index contributed by atoms with van der Waals surface area (Å²) >= 11 is 0. The van der Waals surface area contributed by atoms with Gasteiger partial charge in [-0.15, -0.1) is 0 Å². The molecular formula is C11H14N3O+. The summed E-state index contributed by atoms with van der Waals surface area (Å²) < 4.78 is 5.29. The van der Waals surface area contributed by atoms with Gasteiger partial charge in [0, 0.05) is 19.2 Å². The van der Waals surface area contributed by atoms with Crippen molar-refractivity contribution in [1.29, 1.82) is 5.39 Å². The van der Waals surface area contributed by atoms with Crippen LogP contribution in [0, 0.1) is 5.39 Å². The fraction of sp³-hybridized carbons (Fsp3) is 0.455. The molecule has 0 unspecified atom stereocenters. The second-order valence-electron chi connectivity index (χ2n) is 3.65. The number of methoxy groups -OCH3 is 1. The van der Waals surface area contributed by atoms with Crippen molar-refractivity contribution in [3.8, 4) is 5.75 Å². The molecule has 4 heteroatoms. The number of benzene rings is 1. The van der Waals surface area contributed by atoms with Crippen molar-refractivity contribution in [2.45, 2.75) is 12.8 Å². The van der Waals surface area contributed by atoms with Crippen LogP contribution in [0.4, 0.5) is 11.4 Å². The summed E-state index contributed by atoms with van der Waals surface area (Å²) in [6.45, 7) is 2.15. The minimum atomic E-state index is 0.523. The summed E-state index contributed by atoms with van der Waals surface area (Å²) in [5.41, 5.74) is 1.61. The molecule has 0 spiro atoms. The van der Waals surface area contributed by atoms with Crippen LogP contribution in [0.15, 0.2) is 18.2 Å². The molecule has 1 aliphatic rings. The van der Waals surface area contributed by atoms with Gasteiger partial charge in [-0.05, 0) is 18.9 Å². The Labute approximate surface area is 89.1 Å². The molecule has 15 heavy (non-hydrogen) atoms. The predicted octanol–water partition coefficient (Wildman–Crippen LogP) is 2.78. The van der Waals surface area contributed by atoms with Crippen molar-refractivity contribution in [3.63, 3.8) is 0 Å². The zero-order valence-corrected chi connectivity index (χ0v) is 8.81. The molecule has 0 saturated carbocycles. The van der Waals surface area contributed by atoms with Crippen LogP contribution in [0.1, 0.15) is 12.8 Å². The lowest BCUT2D eigenvalue weighted by Gasteiger charge is -2.19.